The van der Waals surface area contributed by atoms with E-state index in [2.05, 4.69) is 35.4 Å². The van der Waals surface area contributed by atoms with Crippen LogP contribution in [0.1, 0.15) is 34.4 Å². The third kappa shape index (κ3) is 5.72. The molecule has 10 N–H and O–H groups in total. The van der Waals surface area contributed by atoms with Crippen LogP contribution in [0.5, 0.6) is 0 Å². The van der Waals surface area contributed by atoms with Gasteiger partial charge in [0.25, 0.3) is 0 Å². The number of nitrogen functional groups attached to an aromatic ring is 1. The number of benzene rings is 2. The zero-order chi connectivity index (χ0) is 19.4. The van der Waals surface area contributed by atoms with Crippen molar-refractivity contribution in [2.24, 2.45) is 22.9 Å². The Morgan fingerprint density at radius 2 is 1.48 bits per heavy atom. The average Bonchev–Trinajstić information content (AvgIpc) is 3.09. The zero-order valence-electron chi connectivity index (χ0n) is 16.1. The summed E-state index contributed by atoms with van der Waals surface area (Å²) in [6, 6.07) is 13.4. The van der Waals surface area contributed by atoms with Crippen LogP contribution in [0, 0.1) is 0 Å². The number of fused-ring (bicyclic) bond motifs is 1. The monoisotopic (exact) mass is 344 g/mol. The number of nitrogens with two attached hydrogens (primary N) is 5. The van der Waals surface area contributed by atoms with Crippen molar-refractivity contribution in [2.75, 3.05) is 26.9 Å². The van der Waals surface area contributed by atoms with Crippen LogP contribution < -0.4 is 28.7 Å². The number of carbonyl (C=O) groups excluding carboxylic acids is 1. The van der Waals surface area contributed by atoms with Crippen LogP contribution >= 0.6 is 0 Å². The molecule has 1 aliphatic carbocycles. The van der Waals surface area contributed by atoms with Crippen molar-refractivity contribution in [3.8, 4) is 0 Å². The highest BCUT2D eigenvalue weighted by atomic mass is 16.1. The van der Waals surface area contributed by atoms with Crippen LogP contribution in [0.15, 0.2) is 48.5 Å². The fourth-order valence-electron chi connectivity index (χ4n) is 2.47. The van der Waals surface area contributed by atoms with Gasteiger partial charge in [-0.3, -0.25) is 4.79 Å². The lowest BCUT2D eigenvalue weighted by Gasteiger charge is -2.12. The Morgan fingerprint density at radius 3 is 2.00 bits per heavy atom. The van der Waals surface area contributed by atoms with E-state index in [9.17, 15) is 4.79 Å². The summed E-state index contributed by atoms with van der Waals surface area (Å²) in [6.07, 6.45) is 4.22. The summed E-state index contributed by atoms with van der Waals surface area (Å²) < 4.78 is 0. The maximum absolute atomic E-state index is 11.1. The Kier molecular flexibility index (Phi) is 10.5. The van der Waals surface area contributed by atoms with Gasteiger partial charge in [-0.15, -0.1) is 0 Å². The van der Waals surface area contributed by atoms with Crippen molar-refractivity contribution in [1.82, 2.24) is 0 Å². The van der Waals surface area contributed by atoms with Gasteiger partial charge in [0.05, 0.1) is 0 Å². The summed E-state index contributed by atoms with van der Waals surface area (Å²) in [5, 5.41) is 0. The molecule has 0 saturated carbocycles. The molecular weight excluding hydrogens is 314 g/mol. The zero-order valence-corrected chi connectivity index (χ0v) is 15.1. The fourth-order valence-corrected chi connectivity index (χ4v) is 2.47. The summed E-state index contributed by atoms with van der Waals surface area (Å²) in [7, 11) is 4.50. The highest BCUT2D eigenvalue weighted by Crippen LogP contribution is 2.36. The molecule has 0 heterocycles. The van der Waals surface area contributed by atoms with E-state index < -0.39 is 5.91 Å². The van der Waals surface area contributed by atoms with E-state index in [0.717, 1.165) is 16.8 Å². The minimum absolute atomic E-state index is 0. The predicted octanol–water partition coefficient (Wildman–Crippen LogP) is 1.36. The second-order valence-corrected chi connectivity index (χ2v) is 4.71. The first kappa shape index (κ1) is 22.3. The van der Waals surface area contributed by atoms with Crippen LogP contribution in [0.4, 0.5) is 5.69 Å². The highest BCUT2D eigenvalue weighted by molar-refractivity contribution is 5.92. The molecule has 1 aliphatic rings. The molecule has 1 atom stereocenters. The Labute approximate surface area is 151 Å². The average molecular weight is 344 g/mol. The highest BCUT2D eigenvalue weighted by Gasteiger charge is 2.19. The first-order valence-electron chi connectivity index (χ1n) is 7.86. The number of carbonyl (C=O) groups is 1. The standard InChI is InChI=1S/C16H14N2O.3CH5N/c17-13-6-8-15-12(9-13)5-7-14(15)10-1-3-11(4-2-10)16(18)19;3*1-2/h1-9,14H,17H2,(H2,18,19);3*2H2,1H3/p+1. The molecule has 136 valence electrons. The van der Waals surface area contributed by atoms with Crippen LogP contribution in [-0.2, 0) is 0 Å². The molecule has 6 heteroatoms. The number of anilines is 1. The van der Waals surface area contributed by atoms with Gasteiger partial charge >= 0.3 is 1.43 Å². The van der Waals surface area contributed by atoms with Crippen molar-refractivity contribution < 1.29 is 6.22 Å². The largest absolute Gasteiger partial charge is 1.00 e. The summed E-state index contributed by atoms with van der Waals surface area (Å²) >= 11 is 0. The topological polar surface area (TPSA) is 147 Å². The molecule has 2 aromatic rings. The molecule has 0 bridgehead atoms. The van der Waals surface area contributed by atoms with Crippen LogP contribution in [0.2, 0.25) is 0 Å². The summed E-state index contributed by atoms with van der Waals surface area (Å²) in [5.74, 6) is -0.181. The van der Waals surface area contributed by atoms with Gasteiger partial charge in [0, 0.05) is 17.2 Å². The van der Waals surface area contributed by atoms with Gasteiger partial charge < -0.3 is 28.7 Å². The van der Waals surface area contributed by atoms with Crippen molar-refractivity contribution >= 4 is 17.7 Å². The van der Waals surface area contributed by atoms with Crippen LogP contribution in [-0.4, -0.2) is 27.1 Å². The molecule has 6 nitrogen and oxygen atoms in total. The molecule has 1 amide bonds. The van der Waals surface area contributed by atoms with Gasteiger partial charge in [-0.2, -0.15) is 0 Å². The maximum atomic E-state index is 11.1. The van der Waals surface area contributed by atoms with Gasteiger partial charge in [0.1, 0.15) is 0 Å². The Hall–Kier alpha value is -2.67. The first-order valence-corrected chi connectivity index (χ1v) is 7.86. The fraction of sp³-hybridized carbons (Fsp3) is 0.211. The molecule has 0 radical (unpaired) electrons. The quantitative estimate of drug-likeness (QED) is 0.522. The third-order valence-corrected chi connectivity index (χ3v) is 3.47. The molecule has 0 spiro atoms. The minimum Gasteiger partial charge on any atom is -0.399 e. The first-order chi connectivity index (χ1) is 12.1. The van der Waals surface area contributed by atoms with E-state index in [1.165, 1.54) is 26.7 Å². The van der Waals surface area contributed by atoms with E-state index >= 15 is 0 Å². The Bertz CT molecular complexity index is 687. The van der Waals surface area contributed by atoms with E-state index in [-0.39, 0.29) is 7.34 Å². The van der Waals surface area contributed by atoms with Gasteiger partial charge in [0.15, 0.2) is 0 Å². The smallest absolute Gasteiger partial charge is 0.399 e. The van der Waals surface area contributed by atoms with E-state index in [4.69, 9.17) is 11.5 Å². The minimum atomic E-state index is -0.401. The molecule has 25 heavy (non-hydrogen) atoms. The van der Waals surface area contributed by atoms with E-state index in [1.54, 1.807) is 12.1 Å². The summed E-state index contributed by atoms with van der Waals surface area (Å²) in [5.41, 5.74) is 29.4. The SMILES string of the molecule is CN.CN.CN.NC(=O)c1ccc(C2C=Cc3cc(N)ccc32)cc1.[H+]. The van der Waals surface area contributed by atoms with Gasteiger partial charge in [-0.1, -0.05) is 30.4 Å². The lowest BCUT2D eigenvalue weighted by atomic mass is 9.92. The molecular formula is C19H30N5O+. The van der Waals surface area contributed by atoms with E-state index in [1.807, 2.05) is 24.3 Å². The number of primary amides is 1. The summed E-state index contributed by atoms with van der Waals surface area (Å²) in [4.78, 5) is 11.1. The predicted molar refractivity (Wildman–Crippen MR) is 108 cm³/mol. The number of allylic oxidation sites excluding steroid dienone is 1. The second kappa shape index (κ2) is 11.8. The third-order valence-electron chi connectivity index (χ3n) is 3.47. The van der Waals surface area contributed by atoms with Crippen molar-refractivity contribution in [1.29, 1.82) is 0 Å². The number of amides is 1. The molecule has 0 aliphatic heterocycles. The van der Waals surface area contributed by atoms with Crippen LogP contribution in [0.3, 0.4) is 0 Å². The molecule has 0 fully saturated rings. The van der Waals surface area contributed by atoms with Crippen LogP contribution in [0.25, 0.3) is 6.08 Å². The normalized spacial score (nSPS) is 13.1. The molecule has 0 saturated heterocycles. The van der Waals surface area contributed by atoms with E-state index in [0.29, 0.717) is 5.56 Å². The molecule has 3 rings (SSSR count). The summed E-state index contributed by atoms with van der Waals surface area (Å²) in [6.45, 7) is 0. The number of hydrogen-bond donors (Lipinski definition) is 5. The van der Waals surface area contributed by atoms with Crippen molar-refractivity contribution in [3.05, 3.63) is 70.8 Å². The Balaban J connectivity index is 0. The molecule has 2 aromatic carbocycles. The lowest BCUT2D eigenvalue weighted by molar-refractivity contribution is 0.100. The maximum Gasteiger partial charge on any atom is 1.00 e. The number of rotatable bonds is 2. The molecule has 0 aromatic heterocycles. The van der Waals surface area contributed by atoms with Gasteiger partial charge in [0.2, 0.25) is 5.91 Å². The molecule has 1 unspecified atom stereocenters. The lowest BCUT2D eigenvalue weighted by Crippen LogP contribution is -2.10. The number of hydrogen-bond acceptors (Lipinski definition) is 5. The van der Waals surface area contributed by atoms with Gasteiger partial charge in [-0.25, -0.2) is 0 Å². The Morgan fingerprint density at radius 1 is 0.920 bits per heavy atom. The van der Waals surface area contributed by atoms with Crippen molar-refractivity contribution in [3.63, 3.8) is 0 Å². The van der Waals surface area contributed by atoms with Gasteiger partial charge in [-0.05, 0) is 62.1 Å². The second-order valence-electron chi connectivity index (χ2n) is 4.71. The van der Waals surface area contributed by atoms with Crippen molar-refractivity contribution in [2.45, 2.75) is 5.92 Å².